The summed E-state index contributed by atoms with van der Waals surface area (Å²) >= 11 is 0. The molecule has 0 spiro atoms. The number of rotatable bonds is 2. The Kier molecular flexibility index (Phi) is 5.22. The summed E-state index contributed by atoms with van der Waals surface area (Å²) in [5.41, 5.74) is -0.502. The molecule has 0 heterocycles. The third kappa shape index (κ3) is 3.36. The Morgan fingerprint density at radius 3 is 1.96 bits per heavy atom. The zero-order chi connectivity index (χ0) is 21.0. The van der Waals surface area contributed by atoms with Gasteiger partial charge >= 0.3 is 0 Å². The molecule has 5 heteroatoms. The van der Waals surface area contributed by atoms with Crippen LogP contribution < -0.4 is 0 Å². The molecule has 4 nitrogen and oxygen atoms in total. The van der Waals surface area contributed by atoms with Crippen molar-refractivity contribution in [2.45, 2.75) is 66.4 Å². The van der Waals surface area contributed by atoms with Crippen molar-refractivity contribution < 1.29 is 18.6 Å². The summed E-state index contributed by atoms with van der Waals surface area (Å²) in [6.07, 6.45) is 2.64. The third-order valence-corrected chi connectivity index (χ3v) is 7.90. The molecule has 0 radical (unpaired) electrons. The zero-order valence-electron chi connectivity index (χ0n) is 17.6. The Hall–Kier alpha value is -1.59. The Bertz CT molecular complexity index is 893. The fraction of sp³-hybridized carbons (Fsp3) is 0.545. The maximum Gasteiger partial charge on any atom is 0.206 e. The molecule has 0 amide bonds. The van der Waals surface area contributed by atoms with Gasteiger partial charge in [-0.3, -0.25) is 0 Å². The SMILES string of the molecule is CC1=CC(O)C(C(C)(C)C)(C(C)(C)C)C=C1S(=O)(=O)c1ccc(O)cc1C. The zero-order valence-corrected chi connectivity index (χ0v) is 18.4. The van der Waals surface area contributed by atoms with E-state index in [1.54, 1.807) is 26.0 Å². The van der Waals surface area contributed by atoms with E-state index in [0.717, 1.165) is 0 Å². The normalized spacial score (nSPS) is 20.9. The number of phenolic OH excluding ortho intramolecular Hbond substituents is 1. The minimum atomic E-state index is -3.80. The van der Waals surface area contributed by atoms with Gasteiger partial charge in [0, 0.05) is 5.41 Å². The average molecular weight is 393 g/mol. The maximum absolute atomic E-state index is 13.5. The van der Waals surface area contributed by atoms with Crippen LogP contribution in [0.25, 0.3) is 0 Å². The van der Waals surface area contributed by atoms with Crippen LogP contribution in [0.5, 0.6) is 5.75 Å². The second-order valence-electron chi connectivity index (χ2n) is 9.63. The molecular weight excluding hydrogens is 360 g/mol. The van der Waals surface area contributed by atoms with Gasteiger partial charge in [0.05, 0.1) is 15.9 Å². The van der Waals surface area contributed by atoms with Gasteiger partial charge in [0.15, 0.2) is 0 Å². The minimum Gasteiger partial charge on any atom is -0.508 e. The minimum absolute atomic E-state index is 0.0329. The first-order chi connectivity index (χ1) is 12.1. The number of benzene rings is 1. The van der Waals surface area contributed by atoms with Crippen LogP contribution >= 0.6 is 0 Å². The van der Waals surface area contributed by atoms with Crippen molar-refractivity contribution in [1.82, 2.24) is 0 Å². The average Bonchev–Trinajstić information content (AvgIpc) is 2.43. The lowest BCUT2D eigenvalue weighted by Crippen LogP contribution is -2.54. The number of hydrogen-bond donors (Lipinski definition) is 2. The van der Waals surface area contributed by atoms with E-state index in [-0.39, 0.29) is 26.4 Å². The number of aromatic hydroxyl groups is 1. The predicted molar refractivity (Wildman–Crippen MR) is 109 cm³/mol. The van der Waals surface area contributed by atoms with Crippen molar-refractivity contribution in [3.8, 4) is 5.75 Å². The van der Waals surface area contributed by atoms with Crippen molar-refractivity contribution in [1.29, 1.82) is 0 Å². The van der Waals surface area contributed by atoms with E-state index in [1.165, 1.54) is 18.2 Å². The predicted octanol–water partition coefficient (Wildman–Crippen LogP) is 4.76. The fourth-order valence-electron chi connectivity index (χ4n) is 4.64. The smallest absolute Gasteiger partial charge is 0.206 e. The highest BCUT2D eigenvalue weighted by Crippen LogP contribution is 2.58. The quantitative estimate of drug-likeness (QED) is 0.761. The number of aryl methyl sites for hydroxylation is 1. The number of allylic oxidation sites excluding steroid dienone is 1. The fourth-order valence-corrected chi connectivity index (χ4v) is 6.44. The molecule has 2 N–H and O–H groups in total. The summed E-state index contributed by atoms with van der Waals surface area (Å²) in [6, 6.07) is 4.28. The van der Waals surface area contributed by atoms with Crippen LogP contribution in [0.4, 0.5) is 0 Å². The van der Waals surface area contributed by atoms with E-state index in [2.05, 4.69) is 0 Å². The Morgan fingerprint density at radius 1 is 1.00 bits per heavy atom. The van der Waals surface area contributed by atoms with Crippen LogP contribution in [0.1, 0.15) is 54.0 Å². The number of aliphatic hydroxyl groups is 1. The lowest BCUT2D eigenvalue weighted by Gasteiger charge is -2.55. The van der Waals surface area contributed by atoms with Crippen LogP contribution in [0.3, 0.4) is 0 Å². The van der Waals surface area contributed by atoms with Gasteiger partial charge in [0.1, 0.15) is 5.75 Å². The molecule has 0 fully saturated rings. The highest BCUT2D eigenvalue weighted by Gasteiger charge is 2.55. The largest absolute Gasteiger partial charge is 0.508 e. The highest BCUT2D eigenvalue weighted by molar-refractivity contribution is 7.95. The van der Waals surface area contributed by atoms with Gasteiger partial charge in [-0.2, -0.15) is 0 Å². The summed E-state index contributed by atoms with van der Waals surface area (Å²) in [7, 11) is -3.80. The van der Waals surface area contributed by atoms with Crippen molar-refractivity contribution in [2.75, 3.05) is 0 Å². The first-order valence-electron chi connectivity index (χ1n) is 9.20. The topological polar surface area (TPSA) is 74.6 Å². The number of sulfone groups is 1. The van der Waals surface area contributed by atoms with Gasteiger partial charge in [0.2, 0.25) is 9.84 Å². The van der Waals surface area contributed by atoms with Gasteiger partial charge in [0.25, 0.3) is 0 Å². The number of aliphatic hydroxyl groups excluding tert-OH is 1. The van der Waals surface area contributed by atoms with Crippen LogP contribution in [0, 0.1) is 23.2 Å². The molecule has 2 rings (SSSR count). The molecule has 0 aliphatic heterocycles. The van der Waals surface area contributed by atoms with Crippen molar-refractivity contribution >= 4 is 9.84 Å². The van der Waals surface area contributed by atoms with Crippen molar-refractivity contribution in [3.63, 3.8) is 0 Å². The lowest BCUT2D eigenvalue weighted by molar-refractivity contribution is -0.0711. The second-order valence-corrected chi connectivity index (χ2v) is 11.5. The van der Waals surface area contributed by atoms with Gasteiger partial charge in [-0.25, -0.2) is 8.42 Å². The molecule has 0 aromatic heterocycles. The summed E-state index contributed by atoms with van der Waals surface area (Å²) in [5, 5.41) is 20.7. The van der Waals surface area contributed by atoms with Crippen molar-refractivity contribution in [2.24, 2.45) is 16.2 Å². The molecule has 150 valence electrons. The molecule has 27 heavy (non-hydrogen) atoms. The van der Waals surface area contributed by atoms with E-state index in [1.807, 2.05) is 41.5 Å². The van der Waals surface area contributed by atoms with Crippen LogP contribution in [-0.2, 0) is 9.84 Å². The maximum atomic E-state index is 13.5. The molecule has 1 aliphatic carbocycles. The first-order valence-corrected chi connectivity index (χ1v) is 10.7. The molecule has 1 unspecified atom stereocenters. The molecule has 0 saturated carbocycles. The molecule has 0 bridgehead atoms. The van der Waals surface area contributed by atoms with Crippen LogP contribution in [0.15, 0.2) is 45.7 Å². The van der Waals surface area contributed by atoms with Gasteiger partial charge in [-0.05, 0) is 54.0 Å². The summed E-state index contributed by atoms with van der Waals surface area (Å²) in [6.45, 7) is 15.6. The van der Waals surface area contributed by atoms with Gasteiger partial charge < -0.3 is 10.2 Å². The molecule has 1 aromatic rings. The van der Waals surface area contributed by atoms with Crippen molar-refractivity contribution in [3.05, 3.63) is 46.4 Å². The second kappa shape index (κ2) is 6.49. The van der Waals surface area contributed by atoms with E-state index in [4.69, 9.17) is 0 Å². The number of phenols is 1. The van der Waals surface area contributed by atoms with Gasteiger partial charge in [-0.1, -0.05) is 53.7 Å². The van der Waals surface area contributed by atoms with E-state index in [9.17, 15) is 18.6 Å². The summed E-state index contributed by atoms with van der Waals surface area (Å²) < 4.78 is 27.0. The highest BCUT2D eigenvalue weighted by atomic mass is 32.2. The Labute approximate surface area is 163 Å². The molecule has 1 aliphatic rings. The number of hydrogen-bond acceptors (Lipinski definition) is 4. The van der Waals surface area contributed by atoms with Crippen LogP contribution in [-0.4, -0.2) is 24.7 Å². The van der Waals surface area contributed by atoms with E-state index < -0.39 is 21.4 Å². The lowest BCUT2D eigenvalue weighted by atomic mass is 9.50. The van der Waals surface area contributed by atoms with Crippen LogP contribution in [0.2, 0.25) is 0 Å². The van der Waals surface area contributed by atoms with Gasteiger partial charge in [-0.15, -0.1) is 0 Å². The summed E-state index contributed by atoms with van der Waals surface area (Å²) in [5.74, 6) is 0.0329. The third-order valence-electron chi connectivity index (χ3n) is 5.84. The monoisotopic (exact) mass is 392 g/mol. The summed E-state index contributed by atoms with van der Waals surface area (Å²) in [4.78, 5) is 0.402. The molecule has 1 aromatic carbocycles. The standard InChI is InChI=1S/C22H32O4S/c1-14-11-16(23)9-10-17(14)27(25,26)18-13-22(20(3,4)5,21(6,7)8)19(24)12-15(18)2/h9-13,19,23-24H,1-8H3. The molecule has 1 atom stereocenters. The molecular formula is C22H32O4S. The molecule has 0 saturated heterocycles. The van der Waals surface area contributed by atoms with E-state index in [0.29, 0.717) is 11.1 Å². The first kappa shape index (κ1) is 21.7. The Balaban J connectivity index is 2.83. The van der Waals surface area contributed by atoms with E-state index >= 15 is 0 Å². The Morgan fingerprint density at radius 2 is 1.52 bits per heavy atom.